The first kappa shape index (κ1) is 13.9. The Morgan fingerprint density at radius 3 is 2.50 bits per heavy atom. The van der Waals surface area contributed by atoms with Gasteiger partial charge >= 0.3 is 0 Å². The Bertz CT molecular complexity index is 430. The smallest absolute Gasteiger partial charge is 0.0595 e. The van der Waals surface area contributed by atoms with Crippen molar-refractivity contribution in [3.05, 3.63) is 21.9 Å². The van der Waals surface area contributed by atoms with Gasteiger partial charge in [-0.15, -0.1) is 0 Å². The molecule has 0 amide bonds. The molecule has 100 valence electrons. The molecule has 1 aromatic rings. The molecule has 1 saturated heterocycles. The highest BCUT2D eigenvalue weighted by Crippen LogP contribution is 2.37. The van der Waals surface area contributed by atoms with E-state index in [1.165, 1.54) is 29.8 Å². The summed E-state index contributed by atoms with van der Waals surface area (Å²) in [5, 5.41) is 0. The normalized spacial score (nSPS) is 19.1. The molecular weight excluding hydrogens is 288 g/mol. The molecule has 0 aliphatic carbocycles. The maximum Gasteiger partial charge on any atom is 0.0595 e. The maximum absolute atomic E-state index is 4.46. The van der Waals surface area contributed by atoms with Crippen LogP contribution in [0.2, 0.25) is 0 Å². The topological polar surface area (TPSA) is 16.1 Å². The number of halogens is 1. The van der Waals surface area contributed by atoms with E-state index in [1.54, 1.807) is 0 Å². The summed E-state index contributed by atoms with van der Waals surface area (Å²) in [5.41, 5.74) is 4.43. The minimum absolute atomic E-state index is 0.497. The van der Waals surface area contributed by atoms with E-state index in [1.807, 2.05) is 6.20 Å². The van der Waals surface area contributed by atoms with Gasteiger partial charge in [-0.3, -0.25) is 4.98 Å². The zero-order chi connectivity index (χ0) is 13.3. The van der Waals surface area contributed by atoms with Crippen molar-refractivity contribution in [2.45, 2.75) is 47.0 Å². The van der Waals surface area contributed by atoms with Crippen LogP contribution in [0, 0.1) is 12.3 Å². The SMILES string of the molecule is CCc1c(C)ncc(Br)c1N1CCC(C)(C)CC1. The number of nitrogens with zero attached hydrogens (tertiary/aromatic N) is 2. The Morgan fingerprint density at radius 1 is 1.33 bits per heavy atom. The van der Waals surface area contributed by atoms with Gasteiger partial charge in [-0.05, 0) is 53.1 Å². The molecule has 18 heavy (non-hydrogen) atoms. The summed E-state index contributed by atoms with van der Waals surface area (Å²) >= 11 is 3.68. The molecule has 0 N–H and O–H groups in total. The number of aryl methyl sites for hydroxylation is 1. The van der Waals surface area contributed by atoms with Gasteiger partial charge in [-0.25, -0.2) is 0 Å². The second kappa shape index (κ2) is 5.20. The minimum Gasteiger partial charge on any atom is -0.370 e. The Balaban J connectivity index is 2.31. The van der Waals surface area contributed by atoms with E-state index in [0.29, 0.717) is 5.41 Å². The molecule has 1 aliphatic heterocycles. The predicted molar refractivity (Wildman–Crippen MR) is 81.3 cm³/mol. The first-order valence-corrected chi connectivity index (χ1v) is 7.63. The number of rotatable bonds is 2. The number of pyridine rings is 1. The Hall–Kier alpha value is -0.570. The monoisotopic (exact) mass is 310 g/mol. The summed E-state index contributed by atoms with van der Waals surface area (Å²) < 4.78 is 1.14. The van der Waals surface area contributed by atoms with Crippen LogP contribution in [0.25, 0.3) is 0 Å². The van der Waals surface area contributed by atoms with Crippen LogP contribution in [0.5, 0.6) is 0 Å². The first-order chi connectivity index (χ1) is 8.44. The molecule has 0 unspecified atom stereocenters. The summed E-state index contributed by atoms with van der Waals surface area (Å²) in [4.78, 5) is 6.99. The second-order valence-electron chi connectivity index (χ2n) is 6.02. The minimum atomic E-state index is 0.497. The van der Waals surface area contributed by atoms with Crippen molar-refractivity contribution in [3.8, 4) is 0 Å². The van der Waals surface area contributed by atoms with Gasteiger partial charge in [0.2, 0.25) is 0 Å². The van der Waals surface area contributed by atoms with Crippen LogP contribution in [-0.4, -0.2) is 18.1 Å². The lowest BCUT2D eigenvalue weighted by Gasteiger charge is -2.39. The molecule has 0 bridgehead atoms. The van der Waals surface area contributed by atoms with Gasteiger partial charge in [0, 0.05) is 25.0 Å². The van der Waals surface area contributed by atoms with Gasteiger partial charge in [0.25, 0.3) is 0 Å². The van der Waals surface area contributed by atoms with Gasteiger partial charge < -0.3 is 4.90 Å². The van der Waals surface area contributed by atoms with Gasteiger partial charge in [0.1, 0.15) is 0 Å². The van der Waals surface area contributed by atoms with E-state index >= 15 is 0 Å². The summed E-state index contributed by atoms with van der Waals surface area (Å²) in [6, 6.07) is 0. The van der Waals surface area contributed by atoms with Crippen LogP contribution in [0.15, 0.2) is 10.7 Å². The zero-order valence-electron chi connectivity index (χ0n) is 11.9. The predicted octanol–water partition coefficient (Wildman–Crippen LogP) is 4.34. The van der Waals surface area contributed by atoms with Crippen LogP contribution >= 0.6 is 15.9 Å². The molecule has 0 atom stereocenters. The quantitative estimate of drug-likeness (QED) is 0.807. The molecular formula is C15H23BrN2. The molecule has 1 fully saturated rings. The molecule has 1 aliphatic rings. The average Bonchev–Trinajstić information content (AvgIpc) is 2.32. The largest absolute Gasteiger partial charge is 0.370 e. The molecule has 0 saturated carbocycles. The van der Waals surface area contributed by atoms with Gasteiger partial charge in [0.05, 0.1) is 10.2 Å². The Morgan fingerprint density at radius 2 is 1.94 bits per heavy atom. The van der Waals surface area contributed by atoms with Crippen molar-refractivity contribution >= 4 is 21.6 Å². The van der Waals surface area contributed by atoms with E-state index in [9.17, 15) is 0 Å². The Kier molecular flexibility index (Phi) is 4.00. The lowest BCUT2D eigenvalue weighted by Crippen LogP contribution is -2.38. The van der Waals surface area contributed by atoms with E-state index in [2.05, 4.69) is 53.5 Å². The van der Waals surface area contributed by atoms with Crippen molar-refractivity contribution in [1.29, 1.82) is 0 Å². The average molecular weight is 311 g/mol. The summed E-state index contributed by atoms with van der Waals surface area (Å²) in [6.45, 7) is 11.4. The highest BCUT2D eigenvalue weighted by Gasteiger charge is 2.27. The van der Waals surface area contributed by atoms with Gasteiger partial charge in [-0.1, -0.05) is 20.8 Å². The van der Waals surface area contributed by atoms with Gasteiger partial charge in [0.15, 0.2) is 0 Å². The van der Waals surface area contributed by atoms with Crippen LogP contribution in [0.1, 0.15) is 44.9 Å². The Labute approximate surface area is 119 Å². The molecule has 0 spiro atoms. The lowest BCUT2D eigenvalue weighted by atomic mass is 9.82. The van der Waals surface area contributed by atoms with Crippen molar-refractivity contribution in [1.82, 2.24) is 4.98 Å². The fourth-order valence-electron chi connectivity index (χ4n) is 2.71. The van der Waals surface area contributed by atoms with Crippen LogP contribution in [0.4, 0.5) is 5.69 Å². The third-order valence-electron chi connectivity index (χ3n) is 4.11. The van der Waals surface area contributed by atoms with Crippen LogP contribution in [-0.2, 0) is 6.42 Å². The third-order valence-corrected chi connectivity index (χ3v) is 4.69. The third kappa shape index (κ3) is 2.71. The standard InChI is InChI=1S/C15H23BrN2/c1-5-12-11(2)17-10-13(16)14(12)18-8-6-15(3,4)7-9-18/h10H,5-9H2,1-4H3. The lowest BCUT2D eigenvalue weighted by molar-refractivity contribution is 0.279. The number of hydrogen-bond donors (Lipinski definition) is 0. The molecule has 2 rings (SSSR count). The number of piperidine rings is 1. The molecule has 1 aromatic heterocycles. The van der Waals surface area contributed by atoms with E-state index < -0.39 is 0 Å². The summed E-state index contributed by atoms with van der Waals surface area (Å²) in [6.07, 6.45) is 5.53. The van der Waals surface area contributed by atoms with Gasteiger partial charge in [-0.2, -0.15) is 0 Å². The maximum atomic E-state index is 4.46. The number of hydrogen-bond acceptors (Lipinski definition) is 2. The molecule has 3 heteroatoms. The molecule has 0 aromatic carbocycles. The van der Waals surface area contributed by atoms with Crippen molar-refractivity contribution < 1.29 is 0 Å². The van der Waals surface area contributed by atoms with Crippen molar-refractivity contribution in [2.75, 3.05) is 18.0 Å². The number of aromatic nitrogens is 1. The van der Waals surface area contributed by atoms with E-state index in [-0.39, 0.29) is 0 Å². The van der Waals surface area contributed by atoms with E-state index in [4.69, 9.17) is 0 Å². The van der Waals surface area contributed by atoms with E-state index in [0.717, 1.165) is 24.0 Å². The van der Waals surface area contributed by atoms with Crippen LogP contribution < -0.4 is 4.90 Å². The summed E-state index contributed by atoms with van der Waals surface area (Å²) in [7, 11) is 0. The highest BCUT2D eigenvalue weighted by atomic mass is 79.9. The molecule has 2 heterocycles. The highest BCUT2D eigenvalue weighted by molar-refractivity contribution is 9.10. The van der Waals surface area contributed by atoms with Crippen molar-refractivity contribution in [2.24, 2.45) is 5.41 Å². The first-order valence-electron chi connectivity index (χ1n) is 6.83. The summed E-state index contributed by atoms with van der Waals surface area (Å²) in [5.74, 6) is 0. The second-order valence-corrected chi connectivity index (χ2v) is 6.88. The fraction of sp³-hybridized carbons (Fsp3) is 0.667. The fourth-order valence-corrected chi connectivity index (χ4v) is 3.30. The van der Waals surface area contributed by atoms with Crippen LogP contribution in [0.3, 0.4) is 0 Å². The zero-order valence-corrected chi connectivity index (χ0v) is 13.5. The van der Waals surface area contributed by atoms with Crippen molar-refractivity contribution in [3.63, 3.8) is 0 Å². The molecule has 0 radical (unpaired) electrons. The molecule has 2 nitrogen and oxygen atoms in total. The number of anilines is 1.